The molecule has 0 radical (unpaired) electrons. The van der Waals surface area contributed by atoms with Crippen LogP contribution in [0.1, 0.15) is 11.3 Å². The molecule has 0 saturated carbocycles. The Morgan fingerprint density at radius 2 is 2.00 bits per heavy atom. The highest BCUT2D eigenvalue weighted by molar-refractivity contribution is 5.94. The largest absolute Gasteiger partial charge is 0.383 e. The molecule has 7 nitrogen and oxygen atoms in total. The van der Waals surface area contributed by atoms with E-state index in [4.69, 9.17) is 4.74 Å². The molecule has 1 aromatic heterocycles. The van der Waals surface area contributed by atoms with Crippen LogP contribution in [0.2, 0.25) is 0 Å². The van der Waals surface area contributed by atoms with Gasteiger partial charge in [0, 0.05) is 33.3 Å². The van der Waals surface area contributed by atoms with Crippen molar-refractivity contribution in [2.75, 3.05) is 27.3 Å². The van der Waals surface area contributed by atoms with Crippen molar-refractivity contribution >= 4 is 11.8 Å². The van der Waals surface area contributed by atoms with Crippen molar-refractivity contribution in [3.63, 3.8) is 0 Å². The first kappa shape index (κ1) is 18.1. The van der Waals surface area contributed by atoms with E-state index < -0.39 is 6.04 Å². The van der Waals surface area contributed by atoms with Gasteiger partial charge in [-0.25, -0.2) is 4.98 Å². The van der Waals surface area contributed by atoms with Crippen LogP contribution in [0.4, 0.5) is 0 Å². The molecular formula is C19H24N4O3. The number of methoxy groups -OCH3 is 1. The van der Waals surface area contributed by atoms with Gasteiger partial charge in [-0.2, -0.15) is 0 Å². The van der Waals surface area contributed by atoms with E-state index in [1.165, 1.54) is 4.90 Å². The zero-order chi connectivity index (χ0) is 18.5. The van der Waals surface area contributed by atoms with Crippen molar-refractivity contribution in [3.05, 3.63) is 54.1 Å². The number of ether oxygens (including phenoxy) is 1. The third-order valence-electron chi connectivity index (χ3n) is 4.67. The van der Waals surface area contributed by atoms with Gasteiger partial charge in [-0.1, -0.05) is 30.3 Å². The number of carbonyl (C=O) groups excluding carboxylic acids is 2. The highest BCUT2D eigenvalue weighted by Crippen LogP contribution is 2.19. The number of aromatic nitrogens is 2. The number of carbonyl (C=O) groups is 2. The average molecular weight is 356 g/mol. The van der Waals surface area contributed by atoms with E-state index in [0.29, 0.717) is 26.1 Å². The summed E-state index contributed by atoms with van der Waals surface area (Å²) in [6.07, 6.45) is 3.97. The summed E-state index contributed by atoms with van der Waals surface area (Å²) in [4.78, 5) is 32.8. The number of rotatable bonds is 7. The van der Waals surface area contributed by atoms with E-state index >= 15 is 0 Å². The van der Waals surface area contributed by atoms with Gasteiger partial charge in [0.25, 0.3) is 0 Å². The Bertz CT molecular complexity index is 759. The first-order chi connectivity index (χ1) is 12.6. The molecule has 0 aliphatic carbocycles. The average Bonchev–Trinajstić information content (AvgIpc) is 3.08. The summed E-state index contributed by atoms with van der Waals surface area (Å²) in [5, 5.41) is 0. The van der Waals surface area contributed by atoms with Gasteiger partial charge < -0.3 is 19.1 Å². The van der Waals surface area contributed by atoms with Crippen molar-refractivity contribution in [3.8, 4) is 0 Å². The lowest BCUT2D eigenvalue weighted by Gasteiger charge is -2.39. The predicted molar refractivity (Wildman–Crippen MR) is 96.2 cm³/mol. The van der Waals surface area contributed by atoms with E-state index in [0.717, 1.165) is 11.3 Å². The zero-order valence-electron chi connectivity index (χ0n) is 15.2. The summed E-state index contributed by atoms with van der Waals surface area (Å²) in [5.41, 5.74) is 1.93. The van der Waals surface area contributed by atoms with Crippen LogP contribution < -0.4 is 0 Å². The minimum atomic E-state index is -0.505. The Morgan fingerprint density at radius 3 is 2.73 bits per heavy atom. The van der Waals surface area contributed by atoms with Gasteiger partial charge >= 0.3 is 0 Å². The number of imidazole rings is 1. The maximum absolute atomic E-state index is 12.8. The highest BCUT2D eigenvalue weighted by atomic mass is 16.5. The number of nitrogens with zero attached hydrogens (tertiary/aromatic N) is 4. The Hall–Kier alpha value is -2.67. The normalized spacial score (nSPS) is 17.8. The van der Waals surface area contributed by atoms with Gasteiger partial charge in [0.1, 0.15) is 6.04 Å². The summed E-state index contributed by atoms with van der Waals surface area (Å²) < 4.78 is 7.08. The topological polar surface area (TPSA) is 67.7 Å². The fourth-order valence-electron chi connectivity index (χ4n) is 3.21. The van der Waals surface area contributed by atoms with E-state index in [1.807, 2.05) is 34.9 Å². The SMILES string of the molecule is COCCn1cncc1CN1C(=O)CN(C)C(=O)[C@H]1Cc1ccccc1. The molecule has 1 saturated heterocycles. The van der Waals surface area contributed by atoms with Crippen molar-refractivity contribution < 1.29 is 14.3 Å². The molecule has 1 fully saturated rings. The minimum absolute atomic E-state index is 0.0311. The lowest BCUT2D eigenvalue weighted by molar-refractivity contribution is -0.155. The first-order valence-corrected chi connectivity index (χ1v) is 8.66. The smallest absolute Gasteiger partial charge is 0.245 e. The van der Waals surface area contributed by atoms with Crippen LogP contribution in [-0.2, 0) is 33.8 Å². The molecule has 7 heteroatoms. The van der Waals surface area contributed by atoms with Crippen LogP contribution in [0.15, 0.2) is 42.9 Å². The van der Waals surface area contributed by atoms with Gasteiger partial charge in [-0.05, 0) is 5.56 Å². The maximum Gasteiger partial charge on any atom is 0.245 e. The Kier molecular flexibility index (Phi) is 5.68. The van der Waals surface area contributed by atoms with E-state index in [-0.39, 0.29) is 18.4 Å². The quantitative estimate of drug-likeness (QED) is 0.741. The molecule has 0 N–H and O–H groups in total. The van der Waals surface area contributed by atoms with E-state index in [9.17, 15) is 9.59 Å². The van der Waals surface area contributed by atoms with Gasteiger partial charge in [0.2, 0.25) is 11.8 Å². The third kappa shape index (κ3) is 3.94. The first-order valence-electron chi connectivity index (χ1n) is 8.66. The molecule has 1 aromatic carbocycles. The molecule has 2 heterocycles. The highest BCUT2D eigenvalue weighted by Gasteiger charge is 2.38. The van der Waals surface area contributed by atoms with E-state index in [1.54, 1.807) is 31.6 Å². The Balaban J connectivity index is 1.83. The van der Waals surface area contributed by atoms with E-state index in [2.05, 4.69) is 4.98 Å². The number of hydrogen-bond donors (Lipinski definition) is 0. The van der Waals surface area contributed by atoms with Crippen LogP contribution in [0.25, 0.3) is 0 Å². The lowest BCUT2D eigenvalue weighted by atomic mass is 10.0. The monoisotopic (exact) mass is 356 g/mol. The summed E-state index contributed by atoms with van der Waals surface area (Å²) in [6, 6.07) is 9.28. The van der Waals surface area contributed by atoms with Gasteiger partial charge in [-0.15, -0.1) is 0 Å². The number of piperazine rings is 1. The molecule has 3 rings (SSSR count). The van der Waals surface area contributed by atoms with Crippen LogP contribution in [-0.4, -0.2) is 64.5 Å². The Morgan fingerprint density at radius 1 is 1.23 bits per heavy atom. The molecule has 26 heavy (non-hydrogen) atoms. The summed E-state index contributed by atoms with van der Waals surface area (Å²) in [5.74, 6) is -0.0797. The molecule has 0 spiro atoms. The minimum Gasteiger partial charge on any atom is -0.383 e. The second-order valence-corrected chi connectivity index (χ2v) is 6.49. The summed E-state index contributed by atoms with van der Waals surface area (Å²) in [7, 11) is 3.33. The fraction of sp³-hybridized carbons (Fsp3) is 0.421. The molecule has 138 valence electrons. The number of likely N-dealkylation sites (N-methyl/N-ethyl adjacent to an activating group) is 1. The molecule has 0 unspecified atom stereocenters. The number of benzene rings is 1. The maximum atomic E-state index is 12.8. The molecule has 1 aliphatic rings. The lowest BCUT2D eigenvalue weighted by Crippen LogP contribution is -2.59. The van der Waals surface area contributed by atoms with Crippen molar-refractivity contribution in [1.29, 1.82) is 0 Å². The molecule has 1 atom stereocenters. The summed E-state index contributed by atoms with van der Waals surface area (Å²) >= 11 is 0. The van der Waals surface area contributed by atoms with Crippen LogP contribution in [0.5, 0.6) is 0 Å². The summed E-state index contributed by atoms with van der Waals surface area (Å²) in [6.45, 7) is 1.69. The van der Waals surface area contributed by atoms with Gasteiger partial charge in [0.05, 0.1) is 31.7 Å². The van der Waals surface area contributed by atoms with Gasteiger partial charge in [-0.3, -0.25) is 9.59 Å². The molecular weight excluding hydrogens is 332 g/mol. The molecule has 2 amide bonds. The fourth-order valence-corrected chi connectivity index (χ4v) is 3.21. The standard InChI is InChI=1S/C19H24N4O3/c1-21-13-18(24)23(12-16-11-20-14-22(16)8-9-26-2)17(19(21)25)10-15-6-4-3-5-7-15/h3-7,11,14,17H,8-10,12-13H2,1-2H3/t17-/m1/s1. The molecule has 2 aromatic rings. The van der Waals surface area contributed by atoms with Gasteiger partial charge in [0.15, 0.2) is 0 Å². The second kappa shape index (κ2) is 8.14. The predicted octanol–water partition coefficient (Wildman–Crippen LogP) is 0.941. The van der Waals surface area contributed by atoms with Crippen LogP contribution in [0.3, 0.4) is 0 Å². The number of amides is 2. The zero-order valence-corrected chi connectivity index (χ0v) is 15.2. The Labute approximate surface area is 153 Å². The van der Waals surface area contributed by atoms with Crippen molar-refractivity contribution in [1.82, 2.24) is 19.4 Å². The van der Waals surface area contributed by atoms with Crippen molar-refractivity contribution in [2.24, 2.45) is 0 Å². The van der Waals surface area contributed by atoms with Crippen molar-refractivity contribution in [2.45, 2.75) is 25.6 Å². The molecule has 1 aliphatic heterocycles. The van der Waals surface area contributed by atoms with Crippen LogP contribution in [0, 0.1) is 0 Å². The third-order valence-corrected chi connectivity index (χ3v) is 4.67. The second-order valence-electron chi connectivity index (χ2n) is 6.49. The number of hydrogen-bond acceptors (Lipinski definition) is 4. The molecule has 0 bridgehead atoms. The van der Waals surface area contributed by atoms with Crippen LogP contribution >= 0.6 is 0 Å².